The Kier molecular flexibility index (Phi) is 14.8. The average Bonchev–Trinajstić information content (AvgIpc) is 2.39. The zero-order valence-electron chi connectivity index (χ0n) is 11.9. The number of carboxylic acids is 1. The Labute approximate surface area is 116 Å². The summed E-state index contributed by atoms with van der Waals surface area (Å²) in [4.78, 5) is 10.3. The van der Waals surface area contributed by atoms with Crippen LogP contribution >= 0.6 is 0 Å². The Morgan fingerprint density at radius 1 is 0.789 bits per heavy atom. The quantitative estimate of drug-likeness (QED) is 0.264. The summed E-state index contributed by atoms with van der Waals surface area (Å²) < 4.78 is 0. The highest BCUT2D eigenvalue weighted by atomic mass is 16.4. The van der Waals surface area contributed by atoms with Gasteiger partial charge in [0, 0.05) is 6.54 Å². The lowest BCUT2D eigenvalue weighted by molar-refractivity contribution is -0.136. The molecule has 19 heavy (non-hydrogen) atoms. The fraction of sp³-hybridized carbons (Fsp3) is 0.923. The monoisotopic (exact) mass is 274 g/mol. The molecule has 114 valence electrons. The molecule has 0 aromatic carbocycles. The van der Waals surface area contributed by atoms with Crippen molar-refractivity contribution in [3.05, 3.63) is 0 Å². The summed E-state index contributed by atoms with van der Waals surface area (Å²) in [6.07, 6.45) is 4.66. The predicted molar refractivity (Wildman–Crippen MR) is 78.4 cm³/mol. The van der Waals surface area contributed by atoms with Gasteiger partial charge in [0.05, 0.1) is 6.42 Å². The lowest BCUT2D eigenvalue weighted by Gasteiger charge is -2.06. The lowest BCUT2D eigenvalue weighted by atomic mass is 10.3. The van der Waals surface area contributed by atoms with Crippen molar-refractivity contribution in [2.24, 2.45) is 5.73 Å². The minimum atomic E-state index is -0.745. The van der Waals surface area contributed by atoms with Gasteiger partial charge >= 0.3 is 5.97 Å². The molecule has 0 aliphatic carbocycles. The maximum Gasteiger partial charge on any atom is 0.304 e. The fourth-order valence-electron chi connectivity index (χ4n) is 1.64. The first-order chi connectivity index (χ1) is 9.27. The first kappa shape index (κ1) is 18.3. The Morgan fingerprint density at radius 3 is 1.79 bits per heavy atom. The van der Waals surface area contributed by atoms with Gasteiger partial charge in [0.25, 0.3) is 0 Å². The number of hydrogen-bond donors (Lipinski definition) is 5. The minimum absolute atomic E-state index is 0.199. The summed E-state index contributed by atoms with van der Waals surface area (Å²) in [5, 5.41) is 18.3. The SMILES string of the molecule is NCCCNCCCCNCCCNCCC(=O)O. The van der Waals surface area contributed by atoms with Gasteiger partial charge in [0.1, 0.15) is 0 Å². The van der Waals surface area contributed by atoms with Gasteiger partial charge in [-0.25, -0.2) is 0 Å². The van der Waals surface area contributed by atoms with E-state index in [9.17, 15) is 4.79 Å². The van der Waals surface area contributed by atoms with Gasteiger partial charge < -0.3 is 26.8 Å². The van der Waals surface area contributed by atoms with Gasteiger partial charge in [0.15, 0.2) is 0 Å². The molecule has 6 nitrogen and oxygen atoms in total. The van der Waals surface area contributed by atoms with Crippen molar-refractivity contribution < 1.29 is 9.90 Å². The second-order valence-corrected chi connectivity index (χ2v) is 4.60. The highest BCUT2D eigenvalue weighted by Crippen LogP contribution is 1.85. The van der Waals surface area contributed by atoms with Crippen LogP contribution in [0.4, 0.5) is 0 Å². The molecule has 0 aliphatic heterocycles. The molecule has 0 rings (SSSR count). The van der Waals surface area contributed by atoms with E-state index in [4.69, 9.17) is 10.8 Å². The van der Waals surface area contributed by atoms with Crippen molar-refractivity contribution in [2.45, 2.75) is 32.1 Å². The number of nitrogens with one attached hydrogen (secondary N) is 3. The number of rotatable bonds is 15. The van der Waals surface area contributed by atoms with E-state index in [1.54, 1.807) is 0 Å². The Balaban J connectivity index is 2.93. The molecule has 0 aliphatic rings. The van der Waals surface area contributed by atoms with Gasteiger partial charge in [-0.2, -0.15) is 0 Å². The molecule has 6 heteroatoms. The van der Waals surface area contributed by atoms with E-state index in [2.05, 4.69) is 16.0 Å². The van der Waals surface area contributed by atoms with Crippen LogP contribution in [-0.4, -0.2) is 56.9 Å². The van der Waals surface area contributed by atoms with Crippen LogP contribution in [0.15, 0.2) is 0 Å². The van der Waals surface area contributed by atoms with Gasteiger partial charge in [-0.05, 0) is 65.0 Å². The van der Waals surface area contributed by atoms with E-state index >= 15 is 0 Å². The highest BCUT2D eigenvalue weighted by molar-refractivity contribution is 5.66. The third-order valence-corrected chi connectivity index (χ3v) is 2.74. The van der Waals surface area contributed by atoms with Gasteiger partial charge in [-0.3, -0.25) is 4.79 Å². The molecule has 0 fully saturated rings. The van der Waals surface area contributed by atoms with Crippen molar-refractivity contribution in [3.8, 4) is 0 Å². The van der Waals surface area contributed by atoms with Crippen LogP contribution in [0, 0.1) is 0 Å². The molecule has 0 radical (unpaired) electrons. The number of carboxylic acid groups (broad SMARTS) is 1. The van der Waals surface area contributed by atoms with E-state index in [0.29, 0.717) is 6.54 Å². The minimum Gasteiger partial charge on any atom is -0.481 e. The summed E-state index contributed by atoms with van der Waals surface area (Å²) in [6.45, 7) is 6.32. The fourth-order valence-corrected chi connectivity index (χ4v) is 1.64. The van der Waals surface area contributed by atoms with Gasteiger partial charge in [-0.1, -0.05) is 0 Å². The zero-order chi connectivity index (χ0) is 14.2. The molecule has 0 aromatic heterocycles. The molecule has 0 atom stereocenters. The van der Waals surface area contributed by atoms with Crippen LogP contribution in [0.3, 0.4) is 0 Å². The lowest BCUT2D eigenvalue weighted by Crippen LogP contribution is -2.25. The van der Waals surface area contributed by atoms with Crippen molar-refractivity contribution in [1.82, 2.24) is 16.0 Å². The second kappa shape index (κ2) is 15.4. The van der Waals surface area contributed by atoms with Crippen LogP contribution in [0.2, 0.25) is 0 Å². The summed E-state index contributed by atoms with van der Waals surface area (Å²) in [5.41, 5.74) is 5.40. The Morgan fingerprint density at radius 2 is 1.26 bits per heavy atom. The van der Waals surface area contributed by atoms with E-state index in [0.717, 1.165) is 52.1 Å². The third kappa shape index (κ3) is 17.3. The molecule has 0 saturated carbocycles. The largest absolute Gasteiger partial charge is 0.481 e. The van der Waals surface area contributed by atoms with Crippen LogP contribution < -0.4 is 21.7 Å². The Hall–Kier alpha value is -0.690. The summed E-state index contributed by atoms with van der Waals surface area (Å²) in [6, 6.07) is 0. The molecule has 6 N–H and O–H groups in total. The molecular weight excluding hydrogens is 244 g/mol. The van der Waals surface area contributed by atoms with Crippen molar-refractivity contribution in [1.29, 1.82) is 0 Å². The third-order valence-electron chi connectivity index (χ3n) is 2.74. The van der Waals surface area contributed by atoms with Gasteiger partial charge in [-0.15, -0.1) is 0 Å². The van der Waals surface area contributed by atoms with E-state index in [-0.39, 0.29) is 6.42 Å². The van der Waals surface area contributed by atoms with Crippen LogP contribution in [-0.2, 0) is 4.79 Å². The van der Waals surface area contributed by atoms with Crippen LogP contribution in [0.1, 0.15) is 32.1 Å². The summed E-state index contributed by atoms with van der Waals surface area (Å²) in [7, 11) is 0. The smallest absolute Gasteiger partial charge is 0.304 e. The number of hydrogen-bond acceptors (Lipinski definition) is 5. The summed E-state index contributed by atoms with van der Waals surface area (Å²) in [5.74, 6) is -0.745. The standard InChI is InChI=1S/C13H30N4O2/c14-6-3-9-15-7-1-2-8-16-10-4-11-17-12-5-13(18)19/h15-17H,1-12,14H2,(H,18,19). The van der Waals surface area contributed by atoms with E-state index in [1.165, 1.54) is 12.8 Å². The molecule has 0 spiro atoms. The van der Waals surface area contributed by atoms with Crippen LogP contribution in [0.25, 0.3) is 0 Å². The van der Waals surface area contributed by atoms with E-state index in [1.807, 2.05) is 0 Å². The first-order valence-corrected chi connectivity index (χ1v) is 7.31. The average molecular weight is 274 g/mol. The zero-order valence-corrected chi connectivity index (χ0v) is 11.9. The molecule has 0 unspecified atom stereocenters. The van der Waals surface area contributed by atoms with Crippen molar-refractivity contribution in [2.75, 3.05) is 45.8 Å². The molecule has 0 saturated heterocycles. The topological polar surface area (TPSA) is 99.4 Å². The normalized spacial score (nSPS) is 10.8. The molecule has 0 heterocycles. The maximum atomic E-state index is 10.3. The van der Waals surface area contributed by atoms with Crippen molar-refractivity contribution in [3.63, 3.8) is 0 Å². The molecule has 0 amide bonds. The first-order valence-electron chi connectivity index (χ1n) is 7.31. The molecule has 0 aromatic rings. The molecule has 0 bridgehead atoms. The highest BCUT2D eigenvalue weighted by Gasteiger charge is 1.95. The second-order valence-electron chi connectivity index (χ2n) is 4.60. The molecular formula is C13H30N4O2. The Bertz CT molecular complexity index is 203. The number of nitrogens with two attached hydrogens (primary N) is 1. The number of carbonyl (C=O) groups is 1. The summed E-state index contributed by atoms with van der Waals surface area (Å²) >= 11 is 0. The number of aliphatic carboxylic acids is 1. The number of unbranched alkanes of at least 4 members (excludes halogenated alkanes) is 1. The maximum absolute atomic E-state index is 10.3. The van der Waals surface area contributed by atoms with Crippen molar-refractivity contribution >= 4 is 5.97 Å². The van der Waals surface area contributed by atoms with Crippen LogP contribution in [0.5, 0.6) is 0 Å². The van der Waals surface area contributed by atoms with E-state index < -0.39 is 5.97 Å². The van der Waals surface area contributed by atoms with Gasteiger partial charge in [0.2, 0.25) is 0 Å². The predicted octanol–water partition coefficient (Wildman–Crippen LogP) is -0.251.